The van der Waals surface area contributed by atoms with E-state index in [1.54, 1.807) is 12.3 Å². The van der Waals surface area contributed by atoms with Crippen molar-refractivity contribution in [2.75, 3.05) is 32.7 Å². The van der Waals surface area contributed by atoms with E-state index in [2.05, 4.69) is 20.9 Å². The minimum atomic E-state index is -0.780. The number of halogens is 4. The summed E-state index contributed by atoms with van der Waals surface area (Å²) < 4.78 is 26.2. The lowest BCUT2D eigenvalue weighted by Gasteiger charge is -2.34. The van der Waals surface area contributed by atoms with Gasteiger partial charge in [-0.3, -0.25) is 9.88 Å². The fourth-order valence-electron chi connectivity index (χ4n) is 3.12. The maximum Gasteiger partial charge on any atom is 0.159 e. The molecule has 3 nitrogen and oxygen atoms in total. The summed E-state index contributed by atoms with van der Waals surface area (Å²) in [6.45, 7) is 5.75. The van der Waals surface area contributed by atoms with E-state index in [9.17, 15) is 8.78 Å². The van der Waals surface area contributed by atoms with Gasteiger partial charge in [0, 0.05) is 45.1 Å². The number of rotatable bonds is 6. The predicted octanol–water partition coefficient (Wildman–Crippen LogP) is 3.95. The van der Waals surface area contributed by atoms with Crippen molar-refractivity contribution in [3.8, 4) is 0 Å². The lowest BCUT2D eigenvalue weighted by molar-refractivity contribution is 0.126. The van der Waals surface area contributed by atoms with Gasteiger partial charge in [0.25, 0.3) is 0 Å². The van der Waals surface area contributed by atoms with E-state index >= 15 is 0 Å². The van der Waals surface area contributed by atoms with Crippen LogP contribution in [0.3, 0.4) is 0 Å². The summed E-state index contributed by atoms with van der Waals surface area (Å²) in [5.74, 6) is -1.54. The molecule has 3 rings (SSSR count). The first-order valence-corrected chi connectivity index (χ1v) is 8.48. The van der Waals surface area contributed by atoms with Gasteiger partial charge in [-0.2, -0.15) is 0 Å². The Kier molecular flexibility index (Phi) is 10.0. The molecule has 144 valence electrons. The average Bonchev–Trinajstić information content (AvgIpc) is 2.61. The highest BCUT2D eigenvalue weighted by Gasteiger charge is 2.17. The lowest BCUT2D eigenvalue weighted by Crippen LogP contribution is -2.46. The summed E-state index contributed by atoms with van der Waals surface area (Å²) in [7, 11) is 0. The van der Waals surface area contributed by atoms with Crippen LogP contribution in [0.5, 0.6) is 0 Å². The van der Waals surface area contributed by atoms with Crippen LogP contribution in [0, 0.1) is 11.6 Å². The van der Waals surface area contributed by atoms with E-state index in [4.69, 9.17) is 0 Å². The number of benzene rings is 1. The van der Waals surface area contributed by atoms with Crippen LogP contribution in [-0.4, -0.2) is 47.5 Å². The molecule has 0 N–H and O–H groups in total. The second-order valence-corrected chi connectivity index (χ2v) is 6.33. The molecule has 0 aliphatic carbocycles. The summed E-state index contributed by atoms with van der Waals surface area (Å²) >= 11 is 0. The highest BCUT2D eigenvalue weighted by Crippen LogP contribution is 2.13. The number of aryl methyl sites for hydroxylation is 1. The smallest absolute Gasteiger partial charge is 0.159 e. The second kappa shape index (κ2) is 11.4. The zero-order valence-corrected chi connectivity index (χ0v) is 16.2. The number of aromatic nitrogens is 1. The minimum Gasteiger partial charge on any atom is -0.301 e. The Labute approximate surface area is 166 Å². The molecule has 2 heterocycles. The summed E-state index contributed by atoms with van der Waals surface area (Å²) in [6, 6.07) is 8.27. The summed E-state index contributed by atoms with van der Waals surface area (Å²) in [4.78, 5) is 8.91. The third-order valence-corrected chi connectivity index (χ3v) is 4.52. The monoisotopic (exact) mass is 403 g/mol. The maximum atomic E-state index is 13.3. The van der Waals surface area contributed by atoms with E-state index in [0.29, 0.717) is 6.54 Å². The molecule has 1 aromatic carbocycles. The van der Waals surface area contributed by atoms with Crippen LogP contribution >= 0.6 is 24.8 Å². The Morgan fingerprint density at radius 3 is 2.27 bits per heavy atom. The molecule has 0 radical (unpaired) electrons. The zero-order chi connectivity index (χ0) is 16.8. The van der Waals surface area contributed by atoms with E-state index in [1.165, 1.54) is 17.7 Å². The average molecular weight is 404 g/mol. The molecule has 1 fully saturated rings. The van der Waals surface area contributed by atoms with Crippen molar-refractivity contribution in [2.45, 2.75) is 19.4 Å². The zero-order valence-electron chi connectivity index (χ0n) is 14.6. The molecule has 26 heavy (non-hydrogen) atoms. The van der Waals surface area contributed by atoms with E-state index in [0.717, 1.165) is 51.1 Å². The van der Waals surface area contributed by atoms with Crippen LogP contribution in [0.2, 0.25) is 0 Å². The van der Waals surface area contributed by atoms with Gasteiger partial charge >= 0.3 is 0 Å². The molecule has 0 amide bonds. The Balaban J connectivity index is 0.00000169. The van der Waals surface area contributed by atoms with Crippen LogP contribution in [0.4, 0.5) is 8.78 Å². The fourth-order valence-corrected chi connectivity index (χ4v) is 3.12. The molecule has 0 bridgehead atoms. The molecule has 1 aliphatic heterocycles. The molecule has 1 aromatic heterocycles. The van der Waals surface area contributed by atoms with Crippen molar-refractivity contribution in [2.24, 2.45) is 0 Å². The Bertz CT molecular complexity index is 650. The van der Waals surface area contributed by atoms with Gasteiger partial charge in [0.1, 0.15) is 0 Å². The molecule has 2 aromatic rings. The minimum absolute atomic E-state index is 0. The van der Waals surface area contributed by atoms with Gasteiger partial charge in [-0.25, -0.2) is 8.78 Å². The molecule has 0 spiro atoms. The number of hydrogen-bond donors (Lipinski definition) is 0. The van der Waals surface area contributed by atoms with Gasteiger partial charge in [-0.1, -0.05) is 12.1 Å². The van der Waals surface area contributed by atoms with Gasteiger partial charge < -0.3 is 4.90 Å². The van der Waals surface area contributed by atoms with E-state index in [-0.39, 0.29) is 24.8 Å². The summed E-state index contributed by atoms with van der Waals surface area (Å²) in [6.07, 6.45) is 5.92. The fraction of sp³-hybridized carbons (Fsp3) is 0.421. The highest BCUT2D eigenvalue weighted by atomic mass is 35.5. The third-order valence-electron chi connectivity index (χ3n) is 4.52. The molecule has 7 heteroatoms. The standard InChI is InChI=1S/C19H23F2N3.2ClH/c20-18-6-5-17(13-19(18)21)15-24-11-9-23(10-12-24)8-2-4-16-3-1-7-22-14-16;;/h1,3,5-7,13-14H,2,4,8-12,15H2;2*1H. The predicted molar refractivity (Wildman–Crippen MR) is 105 cm³/mol. The first kappa shape index (κ1) is 22.8. The van der Waals surface area contributed by atoms with Gasteiger partial charge in [-0.05, 0) is 48.7 Å². The second-order valence-electron chi connectivity index (χ2n) is 6.33. The quantitative estimate of drug-likeness (QED) is 0.727. The Hall–Kier alpha value is -1.27. The van der Waals surface area contributed by atoms with Crippen molar-refractivity contribution in [3.63, 3.8) is 0 Å². The highest BCUT2D eigenvalue weighted by molar-refractivity contribution is 5.85. The first-order chi connectivity index (χ1) is 11.7. The van der Waals surface area contributed by atoms with Crippen molar-refractivity contribution < 1.29 is 8.78 Å². The van der Waals surface area contributed by atoms with Gasteiger partial charge in [0.05, 0.1) is 0 Å². The van der Waals surface area contributed by atoms with Gasteiger partial charge in [-0.15, -0.1) is 24.8 Å². The first-order valence-electron chi connectivity index (χ1n) is 8.48. The number of hydrogen-bond acceptors (Lipinski definition) is 3. The van der Waals surface area contributed by atoms with Gasteiger partial charge in [0.2, 0.25) is 0 Å². The molecule has 1 saturated heterocycles. The van der Waals surface area contributed by atoms with Crippen molar-refractivity contribution in [1.82, 2.24) is 14.8 Å². The number of pyridine rings is 1. The molecule has 0 atom stereocenters. The topological polar surface area (TPSA) is 19.4 Å². The van der Waals surface area contributed by atoms with Crippen molar-refractivity contribution >= 4 is 24.8 Å². The normalized spacial score (nSPS) is 15.2. The van der Waals surface area contributed by atoms with Crippen LogP contribution < -0.4 is 0 Å². The Morgan fingerprint density at radius 1 is 0.885 bits per heavy atom. The molecule has 0 saturated carbocycles. The molecular formula is C19H25Cl2F2N3. The molecule has 1 aliphatic rings. The largest absolute Gasteiger partial charge is 0.301 e. The van der Waals surface area contributed by atoms with Gasteiger partial charge in [0.15, 0.2) is 11.6 Å². The maximum absolute atomic E-state index is 13.3. The summed E-state index contributed by atoms with van der Waals surface area (Å²) in [5, 5.41) is 0. The van der Waals surface area contributed by atoms with E-state index < -0.39 is 11.6 Å². The SMILES string of the molecule is Cl.Cl.Fc1ccc(CN2CCN(CCCc3cccnc3)CC2)cc1F. The molecular weight excluding hydrogens is 379 g/mol. The van der Waals surface area contributed by atoms with E-state index in [1.807, 2.05) is 12.3 Å². The van der Waals surface area contributed by atoms with Crippen LogP contribution in [0.1, 0.15) is 17.5 Å². The number of nitrogens with zero attached hydrogens (tertiary/aromatic N) is 3. The van der Waals surface area contributed by atoms with Crippen LogP contribution in [-0.2, 0) is 13.0 Å². The third kappa shape index (κ3) is 6.80. The van der Waals surface area contributed by atoms with Crippen molar-refractivity contribution in [1.29, 1.82) is 0 Å². The van der Waals surface area contributed by atoms with Crippen LogP contribution in [0.25, 0.3) is 0 Å². The lowest BCUT2D eigenvalue weighted by atomic mass is 10.1. The van der Waals surface area contributed by atoms with Crippen LogP contribution in [0.15, 0.2) is 42.7 Å². The molecule has 0 unspecified atom stereocenters. The summed E-state index contributed by atoms with van der Waals surface area (Å²) in [5.41, 5.74) is 2.12. The Morgan fingerprint density at radius 2 is 1.62 bits per heavy atom. The van der Waals surface area contributed by atoms with Crippen molar-refractivity contribution in [3.05, 3.63) is 65.5 Å². The number of piperazine rings is 1.